The summed E-state index contributed by atoms with van der Waals surface area (Å²) in [7, 11) is 0. The number of rotatable bonds is 7. The zero-order chi connectivity index (χ0) is 42.1. The van der Waals surface area contributed by atoms with Crippen molar-refractivity contribution >= 4 is 49.8 Å². The van der Waals surface area contributed by atoms with Gasteiger partial charge in [0.25, 0.3) is 0 Å². The van der Waals surface area contributed by atoms with E-state index in [4.69, 9.17) is 4.42 Å². The van der Waals surface area contributed by atoms with Gasteiger partial charge < -0.3 is 9.32 Å². The van der Waals surface area contributed by atoms with Crippen LogP contribution >= 0.6 is 0 Å². The van der Waals surface area contributed by atoms with Gasteiger partial charge in [-0.15, -0.1) is 0 Å². The van der Waals surface area contributed by atoms with Crippen molar-refractivity contribution in [3.63, 3.8) is 0 Å². The van der Waals surface area contributed by atoms with E-state index < -0.39 is 0 Å². The molecule has 0 N–H and O–H groups in total. The summed E-state index contributed by atoms with van der Waals surface area (Å²) in [4.78, 5) is 2.42. The Morgan fingerprint density at radius 3 is 1.71 bits per heavy atom. The topological polar surface area (TPSA) is 16.4 Å². The summed E-state index contributed by atoms with van der Waals surface area (Å²) < 4.78 is 6.18. The number of hydrogen-bond acceptors (Lipinski definition) is 2. The van der Waals surface area contributed by atoms with Gasteiger partial charge in [0.1, 0.15) is 11.2 Å². The lowest BCUT2D eigenvalue weighted by Gasteiger charge is -2.29. The quantitative estimate of drug-likeness (QED) is 0.160. The molecule has 0 fully saturated rings. The van der Waals surface area contributed by atoms with E-state index in [2.05, 4.69) is 231 Å². The second kappa shape index (κ2) is 14.6. The average Bonchev–Trinajstić information content (AvgIpc) is 3.83. The first-order chi connectivity index (χ1) is 31.0. The molecule has 0 unspecified atom stereocenters. The van der Waals surface area contributed by atoms with E-state index >= 15 is 0 Å². The zero-order valence-corrected chi connectivity index (χ0v) is 35.2. The highest BCUT2D eigenvalue weighted by Gasteiger charge is 2.36. The van der Waals surface area contributed by atoms with E-state index in [9.17, 15) is 0 Å². The Morgan fingerprint density at radius 2 is 0.921 bits per heavy atom. The first-order valence-corrected chi connectivity index (χ1v) is 21.8. The first-order valence-electron chi connectivity index (χ1n) is 21.8. The summed E-state index contributed by atoms with van der Waals surface area (Å²) in [6.07, 6.45) is 0. The highest BCUT2D eigenvalue weighted by atomic mass is 16.3. The highest BCUT2D eigenvalue weighted by Crippen LogP contribution is 2.52. The average molecular weight is 806 g/mol. The molecule has 0 aliphatic heterocycles. The van der Waals surface area contributed by atoms with Crippen LogP contribution in [0, 0.1) is 0 Å². The molecule has 0 saturated carbocycles. The monoisotopic (exact) mass is 805 g/mol. The number of para-hydroxylation sites is 2. The Morgan fingerprint density at radius 1 is 0.365 bits per heavy atom. The molecule has 1 aliphatic carbocycles. The SMILES string of the molecule is CC1(C)c2ccccc2-c2c(-c3ccc(N(c4ccc(-c5ccc6oc7ccccc7c6c5)cc4)c4ccccc4-c4cccc5cccc(-c6ccccc6)c45)cc3)cccc21. The molecule has 11 aromatic rings. The van der Waals surface area contributed by atoms with Crippen LogP contribution in [0.25, 0.3) is 88.3 Å². The molecular weight excluding hydrogens is 763 g/mol. The molecule has 0 saturated heterocycles. The molecule has 63 heavy (non-hydrogen) atoms. The maximum atomic E-state index is 6.18. The maximum absolute atomic E-state index is 6.18. The van der Waals surface area contributed by atoms with Crippen LogP contribution in [-0.2, 0) is 5.41 Å². The lowest BCUT2D eigenvalue weighted by Crippen LogP contribution is -2.14. The molecule has 2 heteroatoms. The van der Waals surface area contributed by atoms with Crippen LogP contribution in [-0.4, -0.2) is 0 Å². The van der Waals surface area contributed by atoms with Gasteiger partial charge in [-0.1, -0.05) is 190 Å². The van der Waals surface area contributed by atoms with Gasteiger partial charge in [0.2, 0.25) is 0 Å². The molecule has 12 rings (SSSR count). The number of fused-ring (bicyclic) bond motifs is 7. The number of benzene rings is 10. The van der Waals surface area contributed by atoms with Crippen molar-refractivity contribution in [3.8, 4) is 55.6 Å². The fraction of sp³-hybridized carbons (Fsp3) is 0.0492. The van der Waals surface area contributed by atoms with Crippen molar-refractivity contribution in [1.82, 2.24) is 0 Å². The Balaban J connectivity index is 1.02. The molecule has 0 spiro atoms. The standard InChI is InChI=1S/C61H43NO/c1-61(2)54-25-9-6-21-52(54)60-48(23-14-26-55(60)61)42-31-36-46(37-32-42)62(45-34-29-40(30-35-45)44-33-38-58-53(39-44)50-20-8-11-28-57(50)63-58)56-27-10-7-19-49(56)51-24-13-18-43-17-12-22-47(59(43)51)41-15-4-3-5-16-41/h3-39H,1-2H3. The smallest absolute Gasteiger partial charge is 0.135 e. The third-order valence-corrected chi connectivity index (χ3v) is 13.3. The van der Waals surface area contributed by atoms with Crippen LogP contribution in [0.2, 0.25) is 0 Å². The fourth-order valence-corrected chi connectivity index (χ4v) is 10.2. The molecule has 0 amide bonds. The van der Waals surface area contributed by atoms with Gasteiger partial charge in [-0.3, -0.25) is 0 Å². The van der Waals surface area contributed by atoms with E-state index in [1.54, 1.807) is 0 Å². The van der Waals surface area contributed by atoms with Gasteiger partial charge in [0.15, 0.2) is 0 Å². The predicted molar refractivity (Wildman–Crippen MR) is 265 cm³/mol. The molecular formula is C61H43NO. The normalized spacial score (nSPS) is 12.7. The van der Waals surface area contributed by atoms with Crippen LogP contribution in [0.3, 0.4) is 0 Å². The molecule has 0 atom stereocenters. The van der Waals surface area contributed by atoms with E-state index in [1.807, 2.05) is 12.1 Å². The number of nitrogens with zero attached hydrogens (tertiary/aromatic N) is 1. The predicted octanol–water partition coefficient (Wildman–Crippen LogP) is 17.2. The van der Waals surface area contributed by atoms with Gasteiger partial charge in [-0.05, 0) is 121 Å². The molecule has 0 bridgehead atoms. The number of anilines is 3. The van der Waals surface area contributed by atoms with Crippen molar-refractivity contribution in [2.75, 3.05) is 4.90 Å². The lowest BCUT2D eigenvalue weighted by molar-refractivity contribution is 0.660. The Kier molecular flexibility index (Phi) is 8.55. The van der Waals surface area contributed by atoms with Crippen LogP contribution in [0.4, 0.5) is 17.1 Å². The second-order valence-electron chi connectivity index (χ2n) is 17.2. The van der Waals surface area contributed by atoms with Crippen LogP contribution in [0.15, 0.2) is 229 Å². The Labute approximate surface area is 368 Å². The van der Waals surface area contributed by atoms with Gasteiger partial charge in [0, 0.05) is 33.1 Å². The molecule has 1 aliphatic rings. The van der Waals surface area contributed by atoms with E-state index in [-0.39, 0.29) is 5.41 Å². The number of furan rings is 1. The molecule has 1 heterocycles. The highest BCUT2D eigenvalue weighted by molar-refractivity contribution is 6.09. The van der Waals surface area contributed by atoms with E-state index in [1.165, 1.54) is 60.8 Å². The maximum Gasteiger partial charge on any atom is 0.135 e. The third kappa shape index (κ3) is 6.02. The minimum Gasteiger partial charge on any atom is -0.456 e. The summed E-state index contributed by atoms with van der Waals surface area (Å²) in [6.45, 7) is 4.70. The Bertz CT molecular complexity index is 3520. The van der Waals surface area contributed by atoms with Crippen molar-refractivity contribution in [1.29, 1.82) is 0 Å². The zero-order valence-electron chi connectivity index (χ0n) is 35.2. The van der Waals surface area contributed by atoms with E-state index in [0.29, 0.717) is 0 Å². The van der Waals surface area contributed by atoms with Crippen molar-refractivity contribution in [2.24, 2.45) is 0 Å². The summed E-state index contributed by atoms with van der Waals surface area (Å²) in [6, 6.07) is 81.7. The fourth-order valence-electron chi connectivity index (χ4n) is 10.2. The van der Waals surface area contributed by atoms with Gasteiger partial charge >= 0.3 is 0 Å². The van der Waals surface area contributed by atoms with Crippen LogP contribution < -0.4 is 4.90 Å². The summed E-state index contributed by atoms with van der Waals surface area (Å²) in [5.41, 5.74) is 20.0. The van der Waals surface area contributed by atoms with Crippen LogP contribution in [0.1, 0.15) is 25.0 Å². The summed E-state index contributed by atoms with van der Waals surface area (Å²) in [5.74, 6) is 0. The molecule has 2 nitrogen and oxygen atoms in total. The van der Waals surface area contributed by atoms with Gasteiger partial charge in [-0.2, -0.15) is 0 Å². The van der Waals surface area contributed by atoms with E-state index in [0.717, 1.165) is 55.7 Å². The minimum atomic E-state index is -0.0609. The van der Waals surface area contributed by atoms with Crippen LogP contribution in [0.5, 0.6) is 0 Å². The van der Waals surface area contributed by atoms with Crippen molar-refractivity contribution < 1.29 is 4.42 Å². The lowest BCUT2D eigenvalue weighted by atomic mass is 9.82. The Hall–Kier alpha value is -7.94. The van der Waals surface area contributed by atoms with Gasteiger partial charge in [-0.25, -0.2) is 0 Å². The molecule has 10 aromatic carbocycles. The first kappa shape index (κ1) is 36.9. The number of hydrogen-bond donors (Lipinski definition) is 0. The summed E-state index contributed by atoms with van der Waals surface area (Å²) in [5, 5.41) is 4.72. The molecule has 0 radical (unpaired) electrons. The van der Waals surface area contributed by atoms with Crippen molar-refractivity contribution in [3.05, 3.63) is 236 Å². The van der Waals surface area contributed by atoms with Crippen molar-refractivity contribution in [2.45, 2.75) is 19.3 Å². The van der Waals surface area contributed by atoms with Gasteiger partial charge in [0.05, 0.1) is 5.69 Å². The molecule has 298 valence electrons. The minimum absolute atomic E-state index is 0.0609. The molecule has 1 aromatic heterocycles. The largest absolute Gasteiger partial charge is 0.456 e. The third-order valence-electron chi connectivity index (χ3n) is 13.3. The second-order valence-corrected chi connectivity index (χ2v) is 17.2. The summed E-state index contributed by atoms with van der Waals surface area (Å²) >= 11 is 0.